The molecule has 1 heterocycles. The molecule has 0 aliphatic carbocycles. The van der Waals surface area contributed by atoms with E-state index in [-0.39, 0.29) is 11.9 Å². The van der Waals surface area contributed by atoms with Crippen LogP contribution in [0.3, 0.4) is 0 Å². The third kappa shape index (κ3) is 3.06. The molecule has 21 heavy (non-hydrogen) atoms. The van der Waals surface area contributed by atoms with Crippen molar-refractivity contribution < 1.29 is 9.13 Å². The Morgan fingerprint density at radius 2 is 2.10 bits per heavy atom. The van der Waals surface area contributed by atoms with Crippen molar-refractivity contribution >= 4 is 11.8 Å². The van der Waals surface area contributed by atoms with Gasteiger partial charge in [-0.2, -0.15) is 0 Å². The van der Waals surface area contributed by atoms with E-state index in [0.717, 1.165) is 40.5 Å². The van der Waals surface area contributed by atoms with E-state index in [4.69, 9.17) is 4.74 Å². The van der Waals surface area contributed by atoms with E-state index < -0.39 is 0 Å². The molecular weight excluding hydrogens is 285 g/mol. The van der Waals surface area contributed by atoms with Crippen LogP contribution in [0.1, 0.15) is 23.6 Å². The molecule has 0 aromatic heterocycles. The quantitative estimate of drug-likeness (QED) is 0.916. The van der Waals surface area contributed by atoms with Crippen molar-refractivity contribution in [3.63, 3.8) is 0 Å². The number of methoxy groups -OCH3 is 1. The normalized spacial score (nSPS) is 17.3. The van der Waals surface area contributed by atoms with Crippen molar-refractivity contribution in [2.24, 2.45) is 0 Å². The summed E-state index contributed by atoms with van der Waals surface area (Å²) in [5.41, 5.74) is 2.19. The Balaban J connectivity index is 1.77. The molecule has 0 spiro atoms. The summed E-state index contributed by atoms with van der Waals surface area (Å²) < 4.78 is 19.2. The second-order valence-corrected chi connectivity index (χ2v) is 6.15. The first-order chi connectivity index (χ1) is 10.3. The van der Waals surface area contributed by atoms with Crippen LogP contribution in [0.15, 0.2) is 47.4 Å². The van der Waals surface area contributed by atoms with Crippen LogP contribution in [0.4, 0.5) is 4.39 Å². The summed E-state index contributed by atoms with van der Waals surface area (Å²) in [5, 5.41) is 3.54. The van der Waals surface area contributed by atoms with E-state index in [1.807, 2.05) is 24.3 Å². The van der Waals surface area contributed by atoms with E-state index in [1.165, 1.54) is 6.07 Å². The maximum absolute atomic E-state index is 13.9. The highest BCUT2D eigenvalue weighted by atomic mass is 32.2. The molecular formula is C17H18FNOS. The van der Waals surface area contributed by atoms with Crippen molar-refractivity contribution in [3.8, 4) is 5.75 Å². The summed E-state index contributed by atoms with van der Waals surface area (Å²) in [6.07, 6.45) is 1.01. The van der Waals surface area contributed by atoms with E-state index in [2.05, 4.69) is 11.4 Å². The number of para-hydroxylation sites is 1. The van der Waals surface area contributed by atoms with Gasteiger partial charge in [0.15, 0.2) is 0 Å². The van der Waals surface area contributed by atoms with Gasteiger partial charge in [-0.05, 0) is 29.9 Å². The monoisotopic (exact) mass is 303 g/mol. The minimum absolute atomic E-state index is 0.110. The van der Waals surface area contributed by atoms with E-state index in [1.54, 1.807) is 24.9 Å². The van der Waals surface area contributed by atoms with Crippen molar-refractivity contribution in [1.29, 1.82) is 0 Å². The second-order valence-electron chi connectivity index (χ2n) is 5.04. The maximum atomic E-state index is 13.9. The summed E-state index contributed by atoms with van der Waals surface area (Å²) in [5.74, 6) is 1.72. The minimum Gasteiger partial charge on any atom is -0.496 e. The van der Waals surface area contributed by atoms with Crippen LogP contribution in [0.2, 0.25) is 0 Å². The largest absolute Gasteiger partial charge is 0.496 e. The molecule has 1 aliphatic heterocycles. The van der Waals surface area contributed by atoms with Crippen molar-refractivity contribution in [3.05, 3.63) is 59.4 Å². The number of hydrogen-bond donors (Lipinski definition) is 1. The minimum atomic E-state index is -0.110. The average molecular weight is 303 g/mol. The first-order valence-electron chi connectivity index (χ1n) is 7.06. The van der Waals surface area contributed by atoms with E-state index in [0.29, 0.717) is 0 Å². The van der Waals surface area contributed by atoms with Crippen molar-refractivity contribution in [2.45, 2.75) is 23.9 Å². The molecule has 1 unspecified atom stereocenters. The van der Waals surface area contributed by atoms with Crippen LogP contribution in [-0.2, 0) is 6.54 Å². The Morgan fingerprint density at radius 3 is 2.95 bits per heavy atom. The topological polar surface area (TPSA) is 21.3 Å². The van der Waals surface area contributed by atoms with Crippen LogP contribution in [0.5, 0.6) is 5.75 Å². The van der Waals surface area contributed by atoms with Crippen LogP contribution in [0, 0.1) is 5.82 Å². The Labute approximate surface area is 128 Å². The fourth-order valence-corrected chi connectivity index (χ4v) is 3.82. The summed E-state index contributed by atoms with van der Waals surface area (Å²) in [4.78, 5) is 0.793. The third-order valence-corrected chi connectivity index (χ3v) is 4.92. The molecule has 0 saturated heterocycles. The number of halogens is 1. The summed E-state index contributed by atoms with van der Waals surface area (Å²) in [6.45, 7) is 0.718. The molecule has 1 aliphatic rings. The molecule has 1 atom stereocenters. The van der Waals surface area contributed by atoms with Gasteiger partial charge in [0.05, 0.1) is 7.11 Å². The van der Waals surface area contributed by atoms with Gasteiger partial charge < -0.3 is 10.1 Å². The first kappa shape index (κ1) is 14.4. The maximum Gasteiger partial charge on any atom is 0.137 e. The second kappa shape index (κ2) is 6.50. The van der Waals surface area contributed by atoms with Crippen molar-refractivity contribution in [1.82, 2.24) is 5.32 Å². The van der Waals surface area contributed by atoms with Gasteiger partial charge in [0, 0.05) is 23.0 Å². The predicted octanol–water partition coefficient (Wildman–Crippen LogP) is 4.16. The van der Waals surface area contributed by atoms with Gasteiger partial charge in [-0.25, -0.2) is 4.39 Å². The first-order valence-corrected chi connectivity index (χ1v) is 8.04. The van der Waals surface area contributed by atoms with Crippen LogP contribution >= 0.6 is 11.8 Å². The zero-order chi connectivity index (χ0) is 14.7. The van der Waals surface area contributed by atoms with Gasteiger partial charge >= 0.3 is 0 Å². The molecule has 0 fully saturated rings. The molecule has 2 aromatic rings. The fraction of sp³-hybridized carbons (Fsp3) is 0.294. The van der Waals surface area contributed by atoms with Crippen LogP contribution < -0.4 is 10.1 Å². The Bertz CT molecular complexity index is 632. The zero-order valence-electron chi connectivity index (χ0n) is 11.9. The molecule has 4 heteroatoms. The summed E-state index contributed by atoms with van der Waals surface area (Å²) in [7, 11) is 1.68. The number of benzene rings is 2. The molecule has 0 amide bonds. The zero-order valence-corrected chi connectivity index (χ0v) is 12.8. The third-order valence-electron chi connectivity index (χ3n) is 3.76. The molecule has 0 bridgehead atoms. The number of nitrogens with one attached hydrogen (secondary N) is 1. The molecule has 1 N–H and O–H groups in total. The highest BCUT2D eigenvalue weighted by Crippen LogP contribution is 2.37. The Hall–Kier alpha value is -1.52. The molecule has 2 nitrogen and oxygen atoms in total. The predicted molar refractivity (Wildman–Crippen MR) is 84.3 cm³/mol. The summed E-state index contributed by atoms with van der Waals surface area (Å²) in [6, 6.07) is 13.5. The van der Waals surface area contributed by atoms with Gasteiger partial charge in [-0.15, -0.1) is 11.8 Å². The lowest BCUT2D eigenvalue weighted by molar-refractivity contribution is 0.404. The molecule has 0 saturated carbocycles. The number of fused-ring (bicyclic) bond motifs is 1. The van der Waals surface area contributed by atoms with Gasteiger partial charge in [0.2, 0.25) is 0 Å². The smallest absolute Gasteiger partial charge is 0.137 e. The fourth-order valence-electron chi connectivity index (χ4n) is 2.68. The van der Waals surface area contributed by atoms with Crippen LogP contribution in [0.25, 0.3) is 0 Å². The standard InChI is InChI=1S/C17H18FNOS/c1-20-16-8-3-2-5-12(16)11-19-15-9-10-21-17-13(15)6-4-7-14(17)18/h2-8,15,19H,9-11H2,1H3. The van der Waals surface area contributed by atoms with Gasteiger partial charge in [0.1, 0.15) is 11.6 Å². The molecule has 0 radical (unpaired) electrons. The van der Waals surface area contributed by atoms with Crippen LogP contribution in [-0.4, -0.2) is 12.9 Å². The number of rotatable bonds is 4. The number of thioether (sulfide) groups is 1. The average Bonchev–Trinajstić information content (AvgIpc) is 2.53. The molecule has 3 rings (SSSR count). The van der Waals surface area contributed by atoms with E-state index in [9.17, 15) is 4.39 Å². The highest BCUT2D eigenvalue weighted by Gasteiger charge is 2.22. The van der Waals surface area contributed by atoms with Gasteiger partial charge in [0.25, 0.3) is 0 Å². The molecule has 110 valence electrons. The SMILES string of the molecule is COc1ccccc1CNC1CCSc2c(F)cccc21. The van der Waals surface area contributed by atoms with Crippen molar-refractivity contribution in [2.75, 3.05) is 12.9 Å². The lowest BCUT2D eigenvalue weighted by atomic mass is 10.0. The Morgan fingerprint density at radius 1 is 1.24 bits per heavy atom. The number of hydrogen-bond acceptors (Lipinski definition) is 3. The van der Waals surface area contributed by atoms with Gasteiger partial charge in [-0.3, -0.25) is 0 Å². The number of ether oxygens (including phenoxy) is 1. The lowest BCUT2D eigenvalue weighted by Gasteiger charge is -2.26. The van der Waals surface area contributed by atoms with Gasteiger partial charge in [-0.1, -0.05) is 30.3 Å². The Kier molecular flexibility index (Phi) is 4.46. The van der Waals surface area contributed by atoms with E-state index >= 15 is 0 Å². The summed E-state index contributed by atoms with van der Waals surface area (Å²) >= 11 is 1.61. The molecule has 2 aromatic carbocycles. The highest BCUT2D eigenvalue weighted by molar-refractivity contribution is 7.99. The lowest BCUT2D eigenvalue weighted by Crippen LogP contribution is -2.24.